The smallest absolute Gasteiger partial charge is 0.150 e. The van der Waals surface area contributed by atoms with Crippen molar-refractivity contribution in [1.82, 2.24) is 10.5 Å². The van der Waals surface area contributed by atoms with E-state index < -0.39 is 0 Å². The Morgan fingerprint density at radius 3 is 3.11 bits per heavy atom. The molecule has 19 heavy (non-hydrogen) atoms. The van der Waals surface area contributed by atoms with Crippen LogP contribution >= 0.6 is 0 Å². The lowest BCUT2D eigenvalue weighted by atomic mass is 9.87. The minimum Gasteiger partial charge on any atom is -0.508 e. The van der Waals surface area contributed by atoms with Crippen LogP contribution in [0.25, 0.3) is 0 Å². The van der Waals surface area contributed by atoms with Crippen LogP contribution < -0.4 is 5.32 Å². The Balaban J connectivity index is 1.74. The van der Waals surface area contributed by atoms with Crippen LogP contribution in [-0.2, 0) is 13.0 Å². The van der Waals surface area contributed by atoms with Crippen molar-refractivity contribution >= 4 is 0 Å². The average molecular weight is 258 g/mol. The second kappa shape index (κ2) is 5.05. The molecule has 0 saturated heterocycles. The molecule has 4 nitrogen and oxygen atoms in total. The van der Waals surface area contributed by atoms with Gasteiger partial charge in [-0.05, 0) is 49.4 Å². The van der Waals surface area contributed by atoms with E-state index >= 15 is 0 Å². The Morgan fingerprint density at radius 2 is 2.32 bits per heavy atom. The van der Waals surface area contributed by atoms with E-state index in [-0.39, 0.29) is 6.04 Å². The first-order valence-corrected chi connectivity index (χ1v) is 6.70. The molecule has 0 radical (unpaired) electrons. The van der Waals surface area contributed by atoms with Crippen LogP contribution in [0.2, 0.25) is 0 Å². The zero-order valence-electron chi connectivity index (χ0n) is 11.0. The third kappa shape index (κ3) is 2.63. The van der Waals surface area contributed by atoms with Crippen LogP contribution in [0.4, 0.5) is 0 Å². The lowest BCUT2D eigenvalue weighted by molar-refractivity contribution is 0.352. The summed E-state index contributed by atoms with van der Waals surface area (Å²) in [6, 6.07) is 7.89. The van der Waals surface area contributed by atoms with Crippen LogP contribution in [0, 0.1) is 6.92 Å². The summed E-state index contributed by atoms with van der Waals surface area (Å²) in [6.45, 7) is 2.58. The van der Waals surface area contributed by atoms with Gasteiger partial charge in [0.1, 0.15) is 5.75 Å². The first-order valence-electron chi connectivity index (χ1n) is 6.70. The number of phenolic OH excluding ortho intramolecular Hbond substituents is 1. The molecule has 1 atom stereocenters. The number of fused-ring (bicyclic) bond motifs is 1. The van der Waals surface area contributed by atoms with E-state index in [2.05, 4.69) is 10.5 Å². The molecule has 1 unspecified atom stereocenters. The zero-order valence-corrected chi connectivity index (χ0v) is 11.0. The highest BCUT2D eigenvalue weighted by atomic mass is 16.5. The van der Waals surface area contributed by atoms with Crippen molar-refractivity contribution in [3.05, 3.63) is 46.8 Å². The highest BCUT2D eigenvalue weighted by molar-refractivity contribution is 5.38. The predicted molar refractivity (Wildman–Crippen MR) is 71.9 cm³/mol. The molecule has 0 bridgehead atoms. The third-order valence-corrected chi connectivity index (χ3v) is 3.64. The average Bonchev–Trinajstić information content (AvgIpc) is 2.82. The van der Waals surface area contributed by atoms with Gasteiger partial charge in [-0.1, -0.05) is 11.2 Å². The van der Waals surface area contributed by atoms with E-state index in [0.717, 1.165) is 24.3 Å². The number of hydrogen-bond donors (Lipinski definition) is 2. The van der Waals surface area contributed by atoms with E-state index in [0.29, 0.717) is 12.3 Å². The molecule has 0 aliphatic heterocycles. The van der Waals surface area contributed by atoms with Crippen LogP contribution in [0.1, 0.15) is 41.5 Å². The molecular weight excluding hydrogens is 240 g/mol. The van der Waals surface area contributed by atoms with Gasteiger partial charge in [0.25, 0.3) is 0 Å². The lowest BCUT2D eigenvalue weighted by Gasteiger charge is -2.26. The summed E-state index contributed by atoms with van der Waals surface area (Å²) in [5.41, 5.74) is 3.44. The zero-order chi connectivity index (χ0) is 13.2. The number of aryl methyl sites for hydroxylation is 2. The molecule has 1 aromatic carbocycles. The molecule has 1 aliphatic rings. The van der Waals surface area contributed by atoms with Gasteiger partial charge in [0, 0.05) is 12.1 Å². The largest absolute Gasteiger partial charge is 0.508 e. The first kappa shape index (κ1) is 12.2. The summed E-state index contributed by atoms with van der Waals surface area (Å²) in [5.74, 6) is 1.19. The Hall–Kier alpha value is -1.81. The highest BCUT2D eigenvalue weighted by Gasteiger charge is 2.20. The predicted octanol–water partition coefficient (Wildman–Crippen LogP) is 2.86. The number of benzene rings is 1. The van der Waals surface area contributed by atoms with Gasteiger partial charge in [0.2, 0.25) is 0 Å². The Labute approximate surface area is 112 Å². The summed E-state index contributed by atoms with van der Waals surface area (Å²) in [4.78, 5) is 0. The summed E-state index contributed by atoms with van der Waals surface area (Å²) in [6.07, 6.45) is 3.35. The van der Waals surface area contributed by atoms with Crippen LogP contribution in [0.5, 0.6) is 5.75 Å². The normalized spacial score (nSPS) is 18.3. The molecule has 0 fully saturated rings. The number of hydrogen-bond acceptors (Lipinski definition) is 4. The maximum atomic E-state index is 9.64. The van der Waals surface area contributed by atoms with Gasteiger partial charge >= 0.3 is 0 Å². The third-order valence-electron chi connectivity index (χ3n) is 3.64. The summed E-state index contributed by atoms with van der Waals surface area (Å²) >= 11 is 0. The Kier molecular flexibility index (Phi) is 3.25. The van der Waals surface area contributed by atoms with Gasteiger partial charge in [0.15, 0.2) is 5.76 Å². The van der Waals surface area contributed by atoms with Gasteiger partial charge in [0.05, 0.1) is 12.2 Å². The van der Waals surface area contributed by atoms with Gasteiger partial charge < -0.3 is 14.9 Å². The van der Waals surface area contributed by atoms with Gasteiger partial charge in [-0.3, -0.25) is 0 Å². The van der Waals surface area contributed by atoms with Crippen LogP contribution in [0.15, 0.2) is 28.8 Å². The second-order valence-electron chi connectivity index (χ2n) is 5.14. The fraction of sp³-hybridized carbons (Fsp3) is 0.400. The number of phenols is 1. The van der Waals surface area contributed by atoms with E-state index in [1.165, 1.54) is 17.5 Å². The Bertz CT molecular complexity index is 577. The van der Waals surface area contributed by atoms with Crippen molar-refractivity contribution in [2.24, 2.45) is 0 Å². The number of rotatable bonds is 3. The number of nitrogens with one attached hydrogen (secondary N) is 1. The van der Waals surface area contributed by atoms with E-state index in [9.17, 15) is 5.11 Å². The van der Waals surface area contributed by atoms with E-state index in [4.69, 9.17) is 4.52 Å². The second-order valence-corrected chi connectivity index (χ2v) is 5.14. The minimum absolute atomic E-state index is 0.279. The molecule has 0 amide bonds. The quantitative estimate of drug-likeness (QED) is 0.888. The molecule has 4 heteroatoms. The van der Waals surface area contributed by atoms with Crippen molar-refractivity contribution in [1.29, 1.82) is 0 Å². The topological polar surface area (TPSA) is 58.3 Å². The number of aromatic hydroxyl groups is 1. The monoisotopic (exact) mass is 258 g/mol. The van der Waals surface area contributed by atoms with Crippen molar-refractivity contribution in [2.75, 3.05) is 0 Å². The molecule has 1 heterocycles. The SMILES string of the molecule is Cc1cc(CNC2CCCc3ccc(O)cc32)on1. The van der Waals surface area contributed by atoms with Crippen molar-refractivity contribution < 1.29 is 9.63 Å². The fourth-order valence-electron chi connectivity index (χ4n) is 2.72. The van der Waals surface area contributed by atoms with Crippen LogP contribution in [-0.4, -0.2) is 10.3 Å². The molecule has 2 aromatic rings. The van der Waals surface area contributed by atoms with Crippen molar-refractivity contribution in [3.63, 3.8) is 0 Å². The van der Waals surface area contributed by atoms with Gasteiger partial charge in [-0.2, -0.15) is 0 Å². The first-order chi connectivity index (χ1) is 9.22. The summed E-state index contributed by atoms with van der Waals surface area (Å²) in [7, 11) is 0. The standard InChI is InChI=1S/C15H18N2O2/c1-10-7-13(19-17-10)9-16-15-4-2-3-11-5-6-12(18)8-14(11)15/h5-8,15-16,18H,2-4,9H2,1H3. The van der Waals surface area contributed by atoms with Gasteiger partial charge in [-0.15, -0.1) is 0 Å². The number of aromatic nitrogens is 1. The minimum atomic E-state index is 0.279. The molecule has 1 aromatic heterocycles. The summed E-state index contributed by atoms with van der Waals surface area (Å²) < 4.78 is 5.21. The molecule has 3 rings (SSSR count). The highest BCUT2D eigenvalue weighted by Crippen LogP contribution is 2.32. The lowest BCUT2D eigenvalue weighted by Crippen LogP contribution is -2.24. The van der Waals surface area contributed by atoms with Crippen molar-refractivity contribution in [2.45, 2.75) is 38.8 Å². The maximum absolute atomic E-state index is 9.64. The molecule has 100 valence electrons. The molecule has 0 saturated carbocycles. The van der Waals surface area contributed by atoms with E-state index in [1.54, 1.807) is 6.07 Å². The van der Waals surface area contributed by atoms with Gasteiger partial charge in [-0.25, -0.2) is 0 Å². The molecule has 1 aliphatic carbocycles. The molecular formula is C15H18N2O2. The molecule has 2 N–H and O–H groups in total. The summed E-state index contributed by atoms with van der Waals surface area (Å²) in [5, 5.41) is 17.0. The maximum Gasteiger partial charge on any atom is 0.150 e. The van der Waals surface area contributed by atoms with Crippen molar-refractivity contribution in [3.8, 4) is 5.75 Å². The van der Waals surface area contributed by atoms with E-state index in [1.807, 2.05) is 25.1 Å². The number of nitrogens with zero attached hydrogens (tertiary/aromatic N) is 1. The fourth-order valence-corrected chi connectivity index (χ4v) is 2.72. The Morgan fingerprint density at radius 1 is 1.42 bits per heavy atom. The molecule has 0 spiro atoms. The van der Waals surface area contributed by atoms with Crippen LogP contribution in [0.3, 0.4) is 0 Å².